The van der Waals surface area contributed by atoms with Crippen LogP contribution in [0.15, 0.2) is 48.5 Å². The van der Waals surface area contributed by atoms with Gasteiger partial charge in [-0.25, -0.2) is 0 Å². The molecule has 1 fully saturated rings. The summed E-state index contributed by atoms with van der Waals surface area (Å²) in [6.45, 7) is 2.25. The van der Waals surface area contributed by atoms with Gasteiger partial charge in [0.05, 0.1) is 17.2 Å². The van der Waals surface area contributed by atoms with Crippen molar-refractivity contribution in [1.82, 2.24) is 4.90 Å². The monoisotopic (exact) mass is 366 g/mol. The molecule has 7 heteroatoms. The third-order valence-corrected chi connectivity index (χ3v) is 5.50. The Balaban J connectivity index is 1.45. The van der Waals surface area contributed by atoms with Crippen LogP contribution in [0.3, 0.4) is 0 Å². The molecular formula is C20H22N4O3. The Bertz CT molecular complexity index is 871. The zero-order valence-corrected chi connectivity index (χ0v) is 15.0. The molecule has 1 amide bonds. The standard InChI is InChI=1S/C20H22N4O3/c21-18-12-22(11-17(18)14-4-2-1-3-5-14)13-20(25)23-9-8-15-6-7-16(24(26)27)10-19(15)23/h1-7,10,17-18H,8-9,11-13,21H2/t17-,18+/m0/s1. The van der Waals surface area contributed by atoms with Gasteiger partial charge < -0.3 is 10.6 Å². The average Bonchev–Trinajstić information content (AvgIpc) is 3.25. The molecule has 0 unspecified atom stereocenters. The summed E-state index contributed by atoms with van der Waals surface area (Å²) in [4.78, 5) is 27.2. The molecule has 2 aromatic rings. The van der Waals surface area contributed by atoms with Gasteiger partial charge in [-0.1, -0.05) is 36.4 Å². The molecule has 2 aliphatic heterocycles. The Kier molecular flexibility index (Phi) is 4.63. The first-order valence-electron chi connectivity index (χ1n) is 9.13. The van der Waals surface area contributed by atoms with Crippen LogP contribution < -0.4 is 10.6 Å². The zero-order chi connectivity index (χ0) is 19.0. The number of non-ortho nitro benzene ring substituents is 1. The number of nitrogens with two attached hydrogens (primary N) is 1. The van der Waals surface area contributed by atoms with Crippen molar-refractivity contribution in [2.75, 3.05) is 31.1 Å². The van der Waals surface area contributed by atoms with Gasteiger partial charge in [-0.15, -0.1) is 0 Å². The number of carbonyl (C=O) groups excluding carboxylic acids is 1. The zero-order valence-electron chi connectivity index (χ0n) is 15.0. The minimum absolute atomic E-state index is 0.00727. The number of anilines is 1. The fourth-order valence-corrected chi connectivity index (χ4v) is 4.11. The van der Waals surface area contributed by atoms with Gasteiger partial charge >= 0.3 is 0 Å². The number of benzene rings is 2. The number of nitro benzene ring substituents is 1. The fourth-order valence-electron chi connectivity index (χ4n) is 4.11. The van der Waals surface area contributed by atoms with E-state index in [1.54, 1.807) is 11.0 Å². The maximum absolute atomic E-state index is 12.9. The summed E-state index contributed by atoms with van der Waals surface area (Å²) < 4.78 is 0. The molecule has 0 saturated carbocycles. The number of rotatable bonds is 4. The first-order valence-corrected chi connectivity index (χ1v) is 9.13. The number of nitrogens with zero attached hydrogens (tertiary/aromatic N) is 3. The summed E-state index contributed by atoms with van der Waals surface area (Å²) >= 11 is 0. The minimum atomic E-state index is -0.425. The summed E-state index contributed by atoms with van der Waals surface area (Å²) in [6, 6.07) is 14.9. The molecule has 0 bridgehead atoms. The molecule has 7 nitrogen and oxygen atoms in total. The molecule has 2 aliphatic rings. The molecule has 0 radical (unpaired) electrons. The lowest BCUT2D eigenvalue weighted by atomic mass is 9.95. The highest BCUT2D eigenvalue weighted by molar-refractivity contribution is 5.97. The Labute approximate surface area is 157 Å². The third kappa shape index (κ3) is 3.43. The second-order valence-corrected chi connectivity index (χ2v) is 7.24. The topological polar surface area (TPSA) is 92.7 Å². The van der Waals surface area contributed by atoms with Gasteiger partial charge in [0.1, 0.15) is 0 Å². The van der Waals surface area contributed by atoms with Gasteiger partial charge in [-0.3, -0.25) is 19.8 Å². The highest BCUT2D eigenvalue weighted by atomic mass is 16.6. The lowest BCUT2D eigenvalue weighted by Crippen LogP contribution is -2.39. The van der Waals surface area contributed by atoms with Crippen LogP contribution in [0.2, 0.25) is 0 Å². The largest absolute Gasteiger partial charge is 0.326 e. The van der Waals surface area contributed by atoms with Gasteiger partial charge in [0.2, 0.25) is 5.91 Å². The van der Waals surface area contributed by atoms with Crippen molar-refractivity contribution in [3.63, 3.8) is 0 Å². The SMILES string of the molecule is N[C@@H]1CN(CC(=O)N2CCc3ccc([N+](=O)[O-])cc32)C[C@H]1c1ccccc1. The average molecular weight is 366 g/mol. The maximum Gasteiger partial charge on any atom is 0.271 e. The van der Waals surface area contributed by atoms with Crippen molar-refractivity contribution >= 4 is 17.3 Å². The van der Waals surface area contributed by atoms with Crippen LogP contribution in [0.4, 0.5) is 11.4 Å². The van der Waals surface area contributed by atoms with Crippen molar-refractivity contribution in [3.8, 4) is 0 Å². The van der Waals surface area contributed by atoms with Crippen LogP contribution >= 0.6 is 0 Å². The molecule has 0 spiro atoms. The van der Waals surface area contributed by atoms with E-state index in [1.165, 1.54) is 17.7 Å². The van der Waals surface area contributed by atoms with Gasteiger partial charge in [0.15, 0.2) is 0 Å². The van der Waals surface area contributed by atoms with Crippen molar-refractivity contribution in [3.05, 3.63) is 69.8 Å². The van der Waals surface area contributed by atoms with Crippen molar-refractivity contribution in [1.29, 1.82) is 0 Å². The molecule has 2 atom stereocenters. The van der Waals surface area contributed by atoms with Crippen molar-refractivity contribution < 1.29 is 9.72 Å². The predicted octanol–water partition coefficient (Wildman–Crippen LogP) is 1.91. The van der Waals surface area contributed by atoms with E-state index in [-0.39, 0.29) is 30.1 Å². The number of hydrogen-bond donors (Lipinski definition) is 1. The molecule has 2 heterocycles. The van der Waals surface area contributed by atoms with E-state index in [9.17, 15) is 14.9 Å². The van der Waals surface area contributed by atoms with Crippen molar-refractivity contribution in [2.45, 2.75) is 18.4 Å². The minimum Gasteiger partial charge on any atom is -0.326 e. The lowest BCUT2D eigenvalue weighted by molar-refractivity contribution is -0.384. The number of fused-ring (bicyclic) bond motifs is 1. The molecule has 140 valence electrons. The van der Waals surface area contributed by atoms with E-state index in [2.05, 4.69) is 17.0 Å². The fraction of sp³-hybridized carbons (Fsp3) is 0.350. The van der Waals surface area contributed by atoms with Crippen LogP contribution in [0.5, 0.6) is 0 Å². The second kappa shape index (κ2) is 7.09. The maximum atomic E-state index is 12.9. The summed E-state index contributed by atoms with van der Waals surface area (Å²) in [5.41, 5.74) is 9.17. The molecule has 0 aromatic heterocycles. The quantitative estimate of drug-likeness (QED) is 0.659. The summed E-state index contributed by atoms with van der Waals surface area (Å²) in [5, 5.41) is 11.0. The van der Waals surface area contributed by atoms with Crippen LogP contribution in [0, 0.1) is 10.1 Å². The Morgan fingerprint density at radius 3 is 2.70 bits per heavy atom. The molecule has 2 N–H and O–H groups in total. The Morgan fingerprint density at radius 2 is 1.96 bits per heavy atom. The first kappa shape index (κ1) is 17.6. The van der Waals surface area contributed by atoms with Crippen LogP contribution in [-0.4, -0.2) is 48.0 Å². The van der Waals surface area contributed by atoms with Crippen molar-refractivity contribution in [2.24, 2.45) is 5.73 Å². The molecule has 0 aliphatic carbocycles. The number of nitro groups is 1. The van der Waals surface area contributed by atoms with Gasteiger partial charge in [-0.05, 0) is 17.5 Å². The van der Waals surface area contributed by atoms with Crippen LogP contribution in [0.25, 0.3) is 0 Å². The number of hydrogen-bond acceptors (Lipinski definition) is 5. The van der Waals surface area contributed by atoms with E-state index in [1.807, 2.05) is 18.2 Å². The van der Waals surface area contributed by atoms with E-state index < -0.39 is 4.92 Å². The predicted molar refractivity (Wildman–Crippen MR) is 103 cm³/mol. The highest BCUT2D eigenvalue weighted by Crippen LogP contribution is 2.32. The summed E-state index contributed by atoms with van der Waals surface area (Å²) in [5.74, 6) is 0.182. The van der Waals surface area contributed by atoms with E-state index in [4.69, 9.17) is 5.73 Å². The van der Waals surface area contributed by atoms with Gasteiger partial charge in [-0.2, -0.15) is 0 Å². The first-order chi connectivity index (χ1) is 13.0. The number of amides is 1. The third-order valence-electron chi connectivity index (χ3n) is 5.50. The van der Waals surface area contributed by atoms with Gasteiger partial charge in [0, 0.05) is 43.7 Å². The Hall–Kier alpha value is -2.77. The second-order valence-electron chi connectivity index (χ2n) is 7.24. The summed E-state index contributed by atoms with van der Waals surface area (Å²) in [6.07, 6.45) is 0.727. The number of carbonyl (C=O) groups is 1. The smallest absolute Gasteiger partial charge is 0.271 e. The number of likely N-dealkylation sites (tertiary alicyclic amines) is 1. The van der Waals surface area contributed by atoms with Gasteiger partial charge in [0.25, 0.3) is 5.69 Å². The van der Waals surface area contributed by atoms with E-state index >= 15 is 0 Å². The molecule has 2 aromatic carbocycles. The molecular weight excluding hydrogens is 344 g/mol. The molecule has 27 heavy (non-hydrogen) atoms. The molecule has 4 rings (SSSR count). The normalized spacial score (nSPS) is 22.0. The van der Waals surface area contributed by atoms with E-state index in [0.29, 0.717) is 18.8 Å². The highest BCUT2D eigenvalue weighted by Gasteiger charge is 2.34. The van der Waals surface area contributed by atoms with Crippen LogP contribution in [-0.2, 0) is 11.2 Å². The summed E-state index contributed by atoms with van der Waals surface area (Å²) in [7, 11) is 0. The Morgan fingerprint density at radius 1 is 1.19 bits per heavy atom. The van der Waals surface area contributed by atoms with Crippen LogP contribution in [0.1, 0.15) is 17.0 Å². The van der Waals surface area contributed by atoms with E-state index in [0.717, 1.165) is 18.5 Å². The lowest BCUT2D eigenvalue weighted by Gasteiger charge is -2.21. The molecule has 1 saturated heterocycles.